The summed E-state index contributed by atoms with van der Waals surface area (Å²) in [4.78, 5) is 45.6. The molecule has 4 N–H and O–H groups in total. The van der Waals surface area contributed by atoms with E-state index in [-0.39, 0.29) is 19.0 Å². The minimum absolute atomic E-state index is 0.217. The first-order valence-corrected chi connectivity index (χ1v) is 7.84. The van der Waals surface area contributed by atoms with Crippen LogP contribution in [0.1, 0.15) is 46.0 Å². The molecule has 1 saturated carbocycles. The number of carbonyl (C=O) groups is 4. The molecule has 0 aromatic rings. The lowest BCUT2D eigenvalue weighted by atomic mass is 9.75. The fraction of sp³-hybridized carbons (Fsp3) is 0.733. The fourth-order valence-electron chi connectivity index (χ4n) is 2.73. The zero-order valence-electron chi connectivity index (χ0n) is 13.6. The molecule has 1 aliphatic carbocycles. The topological polar surface area (TPSA) is 125 Å². The fourth-order valence-corrected chi connectivity index (χ4v) is 2.73. The summed E-state index contributed by atoms with van der Waals surface area (Å²) >= 11 is 0. The number of carboxylic acid groups (broad SMARTS) is 1. The van der Waals surface area contributed by atoms with Gasteiger partial charge in [-0.3, -0.25) is 14.4 Å². The van der Waals surface area contributed by atoms with Crippen LogP contribution in [0, 0.1) is 5.92 Å². The molecule has 1 aliphatic rings. The summed E-state index contributed by atoms with van der Waals surface area (Å²) in [7, 11) is 0. The Hall–Kier alpha value is -2.12. The molecule has 3 amide bonds. The normalized spacial score (nSPS) is 23.7. The number of amides is 3. The van der Waals surface area contributed by atoms with Crippen molar-refractivity contribution in [2.45, 2.75) is 51.5 Å². The lowest BCUT2D eigenvalue weighted by Gasteiger charge is -2.37. The third kappa shape index (κ3) is 5.88. The Balaban J connectivity index is 2.48. The molecule has 23 heavy (non-hydrogen) atoms. The van der Waals surface area contributed by atoms with Crippen molar-refractivity contribution in [2.75, 3.05) is 13.1 Å². The van der Waals surface area contributed by atoms with Gasteiger partial charge in [-0.2, -0.15) is 0 Å². The maximum absolute atomic E-state index is 11.9. The third-order valence-electron chi connectivity index (χ3n) is 4.27. The summed E-state index contributed by atoms with van der Waals surface area (Å²) in [5, 5.41) is 16.7. The number of aliphatic carboxylic acids is 1. The number of carboxylic acids is 1. The zero-order valence-corrected chi connectivity index (χ0v) is 13.6. The lowest BCUT2D eigenvalue weighted by Crippen LogP contribution is -2.58. The quantitative estimate of drug-likeness (QED) is 0.514. The van der Waals surface area contributed by atoms with E-state index in [0.29, 0.717) is 18.8 Å². The second kappa shape index (κ2) is 8.50. The van der Waals surface area contributed by atoms with Gasteiger partial charge in [0.05, 0.1) is 13.1 Å². The third-order valence-corrected chi connectivity index (χ3v) is 4.27. The summed E-state index contributed by atoms with van der Waals surface area (Å²) in [6.07, 6.45) is 3.32. The van der Waals surface area contributed by atoms with Gasteiger partial charge in [0.2, 0.25) is 17.7 Å². The summed E-state index contributed by atoms with van der Waals surface area (Å²) in [6, 6.07) is 0. The zero-order chi connectivity index (χ0) is 17.5. The molecule has 0 spiro atoms. The van der Waals surface area contributed by atoms with Crippen LogP contribution in [-0.2, 0) is 19.2 Å². The highest BCUT2D eigenvalue weighted by molar-refractivity contribution is 5.91. The Morgan fingerprint density at radius 2 is 1.61 bits per heavy atom. The molecule has 8 nitrogen and oxygen atoms in total. The molecule has 0 unspecified atom stereocenters. The van der Waals surface area contributed by atoms with Gasteiger partial charge in [-0.05, 0) is 31.6 Å². The molecule has 0 aromatic heterocycles. The average Bonchev–Trinajstić information content (AvgIpc) is 2.51. The average molecular weight is 327 g/mol. The number of rotatable bonds is 7. The highest BCUT2D eigenvalue weighted by Gasteiger charge is 2.42. The van der Waals surface area contributed by atoms with Gasteiger partial charge in [0, 0.05) is 6.92 Å². The maximum atomic E-state index is 11.9. The van der Waals surface area contributed by atoms with Crippen molar-refractivity contribution >= 4 is 23.7 Å². The van der Waals surface area contributed by atoms with E-state index in [0.717, 1.165) is 19.3 Å². The number of hydrogen-bond donors (Lipinski definition) is 4. The molecule has 0 aliphatic heterocycles. The molecule has 130 valence electrons. The first-order valence-electron chi connectivity index (χ1n) is 7.84. The lowest BCUT2D eigenvalue weighted by molar-refractivity contribution is -0.149. The number of nitrogens with one attached hydrogen (secondary N) is 3. The first-order chi connectivity index (χ1) is 10.8. The Morgan fingerprint density at radius 3 is 2.09 bits per heavy atom. The van der Waals surface area contributed by atoms with E-state index in [1.165, 1.54) is 6.92 Å². The van der Waals surface area contributed by atoms with Crippen molar-refractivity contribution in [3.63, 3.8) is 0 Å². The Labute approximate surface area is 135 Å². The molecule has 0 heterocycles. The van der Waals surface area contributed by atoms with Gasteiger partial charge in [0.15, 0.2) is 0 Å². The van der Waals surface area contributed by atoms with Crippen LogP contribution in [0.25, 0.3) is 0 Å². The second-order valence-corrected chi connectivity index (χ2v) is 5.97. The van der Waals surface area contributed by atoms with E-state index in [2.05, 4.69) is 22.9 Å². The molecule has 1 rings (SSSR count). The van der Waals surface area contributed by atoms with Crippen LogP contribution in [0.5, 0.6) is 0 Å². The van der Waals surface area contributed by atoms with Gasteiger partial charge >= 0.3 is 5.97 Å². The first kappa shape index (κ1) is 18.9. The SMILES string of the molecule is CCC1CCC(NC(=O)CNC(=O)CNC(C)=O)(C(=O)O)CC1. The molecule has 0 saturated heterocycles. The molecule has 1 fully saturated rings. The van der Waals surface area contributed by atoms with Crippen molar-refractivity contribution in [3.8, 4) is 0 Å². The van der Waals surface area contributed by atoms with Gasteiger partial charge in [-0.25, -0.2) is 4.79 Å². The molecule has 8 heteroatoms. The minimum atomic E-state index is -1.24. The Bertz CT molecular complexity index is 470. The summed E-state index contributed by atoms with van der Waals surface area (Å²) < 4.78 is 0. The number of hydrogen-bond acceptors (Lipinski definition) is 4. The monoisotopic (exact) mass is 327 g/mol. The van der Waals surface area contributed by atoms with E-state index in [9.17, 15) is 24.3 Å². The molecular weight excluding hydrogens is 302 g/mol. The second-order valence-electron chi connectivity index (χ2n) is 5.97. The summed E-state index contributed by atoms with van der Waals surface area (Å²) in [5.74, 6) is -1.93. The van der Waals surface area contributed by atoms with Gasteiger partial charge < -0.3 is 21.1 Å². The van der Waals surface area contributed by atoms with E-state index < -0.39 is 23.3 Å². The van der Waals surface area contributed by atoms with E-state index in [1.807, 2.05) is 0 Å². The predicted octanol–water partition coefficient (Wildman–Crippen LogP) is -0.221. The van der Waals surface area contributed by atoms with Crippen LogP contribution < -0.4 is 16.0 Å². The number of carbonyl (C=O) groups excluding carboxylic acids is 3. The molecule has 0 atom stereocenters. The van der Waals surface area contributed by atoms with Crippen LogP contribution in [0.15, 0.2) is 0 Å². The van der Waals surface area contributed by atoms with Crippen molar-refractivity contribution < 1.29 is 24.3 Å². The van der Waals surface area contributed by atoms with Crippen molar-refractivity contribution in [2.24, 2.45) is 5.92 Å². The van der Waals surface area contributed by atoms with Crippen LogP contribution in [0.4, 0.5) is 0 Å². The van der Waals surface area contributed by atoms with E-state index >= 15 is 0 Å². The Morgan fingerprint density at radius 1 is 1.04 bits per heavy atom. The predicted molar refractivity (Wildman–Crippen MR) is 82.5 cm³/mol. The highest BCUT2D eigenvalue weighted by Crippen LogP contribution is 2.33. The molecule has 0 bridgehead atoms. The van der Waals surface area contributed by atoms with Crippen LogP contribution >= 0.6 is 0 Å². The smallest absolute Gasteiger partial charge is 0.329 e. The Kier molecular flexibility index (Phi) is 6.99. The van der Waals surface area contributed by atoms with E-state index in [4.69, 9.17) is 0 Å². The maximum Gasteiger partial charge on any atom is 0.329 e. The van der Waals surface area contributed by atoms with Crippen LogP contribution in [0.2, 0.25) is 0 Å². The van der Waals surface area contributed by atoms with Crippen molar-refractivity contribution in [3.05, 3.63) is 0 Å². The van der Waals surface area contributed by atoms with Gasteiger partial charge in [0.1, 0.15) is 5.54 Å². The molecular formula is C15H25N3O5. The van der Waals surface area contributed by atoms with Gasteiger partial charge in [-0.1, -0.05) is 13.3 Å². The van der Waals surface area contributed by atoms with Crippen LogP contribution in [-0.4, -0.2) is 47.4 Å². The molecule has 0 radical (unpaired) electrons. The standard InChI is InChI=1S/C15H25N3O5/c1-3-11-4-6-15(7-5-11,14(22)23)18-13(21)9-17-12(20)8-16-10(2)19/h11H,3-9H2,1-2H3,(H,16,19)(H,17,20)(H,18,21)(H,22,23). The van der Waals surface area contributed by atoms with Crippen LogP contribution in [0.3, 0.4) is 0 Å². The van der Waals surface area contributed by atoms with Crippen molar-refractivity contribution in [1.29, 1.82) is 0 Å². The van der Waals surface area contributed by atoms with E-state index in [1.54, 1.807) is 0 Å². The van der Waals surface area contributed by atoms with Crippen molar-refractivity contribution in [1.82, 2.24) is 16.0 Å². The van der Waals surface area contributed by atoms with Gasteiger partial charge in [0.25, 0.3) is 0 Å². The largest absolute Gasteiger partial charge is 0.480 e. The highest BCUT2D eigenvalue weighted by atomic mass is 16.4. The minimum Gasteiger partial charge on any atom is -0.480 e. The summed E-state index contributed by atoms with van der Waals surface area (Å²) in [5.41, 5.74) is -1.24. The summed E-state index contributed by atoms with van der Waals surface area (Å²) in [6.45, 7) is 2.82. The molecule has 0 aromatic carbocycles. The van der Waals surface area contributed by atoms with Gasteiger partial charge in [-0.15, -0.1) is 0 Å².